The van der Waals surface area contributed by atoms with Gasteiger partial charge in [-0.3, -0.25) is 4.79 Å². The smallest absolute Gasteiger partial charge is 0.319 e. The van der Waals surface area contributed by atoms with Gasteiger partial charge in [0.1, 0.15) is 12.3 Å². The summed E-state index contributed by atoms with van der Waals surface area (Å²) in [6.07, 6.45) is 2.23. The molecule has 2 aromatic rings. The topological polar surface area (TPSA) is 84.7 Å². The van der Waals surface area contributed by atoms with Crippen molar-refractivity contribution in [2.45, 2.75) is 26.4 Å². The van der Waals surface area contributed by atoms with Crippen molar-refractivity contribution in [2.75, 3.05) is 47.2 Å². The second-order valence-corrected chi connectivity index (χ2v) is 7.67. The average Bonchev–Trinajstić information content (AvgIpc) is 3.46. The Kier molecular flexibility index (Phi) is 8.38. The van der Waals surface area contributed by atoms with E-state index in [1.807, 2.05) is 31.2 Å². The van der Waals surface area contributed by atoms with Gasteiger partial charge in [-0.2, -0.15) is 0 Å². The van der Waals surface area contributed by atoms with Crippen LogP contribution in [0.25, 0.3) is 0 Å². The van der Waals surface area contributed by atoms with E-state index < -0.39 is 0 Å². The molecule has 0 unspecified atom stereocenters. The first-order chi connectivity index (χ1) is 15.5. The Hall–Kier alpha value is -3.20. The van der Waals surface area contributed by atoms with Crippen LogP contribution >= 0.6 is 0 Å². The molecular formula is C23H31N3O6. The van der Waals surface area contributed by atoms with Crippen LogP contribution in [0.2, 0.25) is 0 Å². The zero-order valence-electron chi connectivity index (χ0n) is 18.9. The number of carbonyl (C=O) groups is 2. The largest absolute Gasteiger partial charge is 0.467 e. The van der Waals surface area contributed by atoms with E-state index in [1.54, 1.807) is 36.2 Å². The van der Waals surface area contributed by atoms with Gasteiger partial charge in [0.05, 0.1) is 12.8 Å². The van der Waals surface area contributed by atoms with E-state index in [2.05, 4.69) is 0 Å². The molecule has 9 nitrogen and oxygen atoms in total. The molecule has 32 heavy (non-hydrogen) atoms. The van der Waals surface area contributed by atoms with Crippen molar-refractivity contribution in [3.63, 3.8) is 0 Å². The van der Waals surface area contributed by atoms with E-state index in [4.69, 9.17) is 18.6 Å². The quantitative estimate of drug-likeness (QED) is 0.495. The molecule has 1 aromatic heterocycles. The molecule has 0 radical (unpaired) electrons. The molecule has 174 valence electrons. The SMILES string of the molecule is CCOCCCN(CC(=O)N(Cc1ccc2c(c1)OCO2)Cc1ccco1)C(=O)N(C)C. The summed E-state index contributed by atoms with van der Waals surface area (Å²) in [6.45, 7) is 4.31. The summed E-state index contributed by atoms with van der Waals surface area (Å²) in [6, 6.07) is 9.01. The molecule has 0 spiro atoms. The highest BCUT2D eigenvalue weighted by Gasteiger charge is 2.24. The summed E-state index contributed by atoms with van der Waals surface area (Å²) in [5.74, 6) is 1.84. The summed E-state index contributed by atoms with van der Waals surface area (Å²) in [7, 11) is 3.35. The van der Waals surface area contributed by atoms with Gasteiger partial charge in [0, 0.05) is 40.4 Å². The molecule has 3 rings (SSSR count). The van der Waals surface area contributed by atoms with Crippen LogP contribution in [0, 0.1) is 0 Å². The molecule has 3 amide bonds. The Morgan fingerprint density at radius 2 is 1.88 bits per heavy atom. The van der Waals surface area contributed by atoms with Crippen molar-refractivity contribution in [1.82, 2.24) is 14.7 Å². The van der Waals surface area contributed by atoms with Crippen LogP contribution in [0.3, 0.4) is 0 Å². The van der Waals surface area contributed by atoms with E-state index in [0.717, 1.165) is 5.56 Å². The second-order valence-electron chi connectivity index (χ2n) is 7.67. The Bertz CT molecular complexity index is 884. The second kappa shape index (κ2) is 11.4. The Balaban J connectivity index is 1.72. The number of rotatable bonds is 11. The van der Waals surface area contributed by atoms with E-state index in [1.165, 1.54) is 4.90 Å². The van der Waals surface area contributed by atoms with Gasteiger partial charge >= 0.3 is 6.03 Å². The molecule has 0 aliphatic carbocycles. The number of urea groups is 1. The van der Waals surface area contributed by atoms with Crippen LogP contribution in [-0.4, -0.2) is 73.8 Å². The van der Waals surface area contributed by atoms with Crippen molar-refractivity contribution < 1.29 is 28.2 Å². The van der Waals surface area contributed by atoms with Gasteiger partial charge in [-0.05, 0) is 43.2 Å². The van der Waals surface area contributed by atoms with Crippen molar-refractivity contribution in [1.29, 1.82) is 0 Å². The first-order valence-electron chi connectivity index (χ1n) is 10.7. The van der Waals surface area contributed by atoms with E-state index in [0.29, 0.717) is 56.5 Å². The average molecular weight is 446 g/mol. The number of ether oxygens (including phenoxy) is 3. The van der Waals surface area contributed by atoms with E-state index >= 15 is 0 Å². The molecule has 1 aromatic carbocycles. The van der Waals surface area contributed by atoms with Gasteiger partial charge < -0.3 is 33.3 Å². The van der Waals surface area contributed by atoms with Gasteiger partial charge in [-0.1, -0.05) is 6.07 Å². The summed E-state index contributed by atoms with van der Waals surface area (Å²) < 4.78 is 21.7. The lowest BCUT2D eigenvalue weighted by molar-refractivity contribution is -0.133. The number of furan rings is 1. The highest BCUT2D eigenvalue weighted by atomic mass is 16.7. The van der Waals surface area contributed by atoms with Crippen LogP contribution in [0.4, 0.5) is 4.79 Å². The minimum absolute atomic E-state index is 0.0333. The summed E-state index contributed by atoms with van der Waals surface area (Å²) in [5, 5.41) is 0. The van der Waals surface area contributed by atoms with Crippen LogP contribution in [-0.2, 0) is 22.6 Å². The fourth-order valence-electron chi connectivity index (χ4n) is 3.37. The van der Waals surface area contributed by atoms with E-state index in [-0.39, 0.29) is 25.3 Å². The van der Waals surface area contributed by atoms with Crippen molar-refractivity contribution in [3.05, 3.63) is 47.9 Å². The first kappa shape index (κ1) is 23.5. The molecule has 2 heterocycles. The van der Waals surface area contributed by atoms with E-state index in [9.17, 15) is 9.59 Å². The molecule has 0 saturated heterocycles. The molecular weight excluding hydrogens is 414 g/mol. The Morgan fingerprint density at radius 1 is 1.06 bits per heavy atom. The number of carbonyl (C=O) groups excluding carboxylic acids is 2. The zero-order valence-corrected chi connectivity index (χ0v) is 18.9. The third-order valence-electron chi connectivity index (χ3n) is 4.99. The maximum absolute atomic E-state index is 13.3. The molecule has 0 saturated carbocycles. The third-order valence-corrected chi connectivity index (χ3v) is 4.99. The lowest BCUT2D eigenvalue weighted by Crippen LogP contribution is -2.46. The normalized spacial score (nSPS) is 12.0. The fraction of sp³-hybridized carbons (Fsp3) is 0.478. The maximum Gasteiger partial charge on any atom is 0.319 e. The number of amides is 3. The van der Waals surface area contributed by atoms with Gasteiger partial charge in [-0.15, -0.1) is 0 Å². The number of fused-ring (bicyclic) bond motifs is 1. The third kappa shape index (κ3) is 6.40. The molecule has 0 atom stereocenters. The van der Waals surface area contributed by atoms with Crippen LogP contribution in [0.5, 0.6) is 11.5 Å². The number of benzene rings is 1. The summed E-state index contributed by atoms with van der Waals surface area (Å²) in [5.41, 5.74) is 0.899. The van der Waals surface area contributed by atoms with Gasteiger partial charge in [0.2, 0.25) is 12.7 Å². The maximum atomic E-state index is 13.3. The van der Waals surface area contributed by atoms with Crippen LogP contribution in [0.1, 0.15) is 24.7 Å². The predicted octanol–water partition coefficient (Wildman–Crippen LogP) is 2.95. The van der Waals surface area contributed by atoms with Crippen molar-refractivity contribution in [2.24, 2.45) is 0 Å². The Morgan fingerprint density at radius 3 is 2.59 bits per heavy atom. The van der Waals surface area contributed by atoms with Crippen molar-refractivity contribution >= 4 is 11.9 Å². The van der Waals surface area contributed by atoms with Crippen LogP contribution < -0.4 is 9.47 Å². The monoisotopic (exact) mass is 445 g/mol. The minimum atomic E-state index is -0.212. The minimum Gasteiger partial charge on any atom is -0.467 e. The lowest BCUT2D eigenvalue weighted by Gasteiger charge is -2.29. The van der Waals surface area contributed by atoms with Crippen LogP contribution in [0.15, 0.2) is 41.0 Å². The van der Waals surface area contributed by atoms with Gasteiger partial charge in [0.15, 0.2) is 11.5 Å². The number of hydrogen-bond donors (Lipinski definition) is 0. The number of nitrogens with zero attached hydrogens (tertiary/aromatic N) is 3. The standard InChI is InChI=1S/C23H31N3O6/c1-4-29-11-6-10-25(23(28)24(2)3)16-22(27)26(15-19-7-5-12-30-19)14-18-8-9-20-21(13-18)32-17-31-20/h5,7-9,12-13H,4,6,10-11,14-17H2,1-3H3. The lowest BCUT2D eigenvalue weighted by atomic mass is 10.2. The van der Waals surface area contributed by atoms with Crippen molar-refractivity contribution in [3.8, 4) is 11.5 Å². The first-order valence-corrected chi connectivity index (χ1v) is 10.7. The molecule has 0 N–H and O–H groups in total. The molecule has 1 aliphatic rings. The zero-order chi connectivity index (χ0) is 22.9. The molecule has 0 bridgehead atoms. The summed E-state index contributed by atoms with van der Waals surface area (Å²) >= 11 is 0. The fourth-order valence-corrected chi connectivity index (χ4v) is 3.37. The molecule has 1 aliphatic heterocycles. The highest BCUT2D eigenvalue weighted by molar-refractivity contribution is 5.84. The number of hydrogen-bond acceptors (Lipinski definition) is 6. The molecule has 0 fully saturated rings. The van der Waals surface area contributed by atoms with Gasteiger partial charge in [-0.25, -0.2) is 4.79 Å². The Labute approximate surface area is 188 Å². The van der Waals surface area contributed by atoms with Gasteiger partial charge in [0.25, 0.3) is 0 Å². The highest BCUT2D eigenvalue weighted by Crippen LogP contribution is 2.33. The predicted molar refractivity (Wildman–Crippen MR) is 117 cm³/mol. The molecule has 9 heteroatoms. The summed E-state index contributed by atoms with van der Waals surface area (Å²) in [4.78, 5) is 30.7.